The third kappa shape index (κ3) is 6.45. The molecule has 0 aromatic heterocycles. The number of ether oxygens (including phenoxy) is 2. The highest BCUT2D eigenvalue weighted by atomic mass is 16.5. The molecule has 0 fully saturated rings. The maximum atomic E-state index is 12.6. The van der Waals surface area contributed by atoms with E-state index in [1.807, 2.05) is 46.8 Å². The number of ketones is 1. The van der Waals surface area contributed by atoms with Crippen LogP contribution >= 0.6 is 0 Å². The van der Waals surface area contributed by atoms with E-state index in [0.717, 1.165) is 18.4 Å². The fourth-order valence-electron chi connectivity index (χ4n) is 2.59. The molecule has 0 saturated heterocycles. The molecule has 29 heavy (non-hydrogen) atoms. The van der Waals surface area contributed by atoms with E-state index < -0.39 is 5.97 Å². The minimum Gasteiger partial charge on any atom is -0.488 e. The van der Waals surface area contributed by atoms with Crippen molar-refractivity contribution in [1.82, 2.24) is 0 Å². The summed E-state index contributed by atoms with van der Waals surface area (Å²) in [6.45, 7) is 12.0. The molecule has 0 atom stereocenters. The van der Waals surface area contributed by atoms with Gasteiger partial charge in [-0.25, -0.2) is 4.79 Å². The lowest BCUT2D eigenvalue weighted by Crippen LogP contribution is -2.26. The number of esters is 1. The van der Waals surface area contributed by atoms with Crippen LogP contribution in [0.25, 0.3) is 0 Å². The van der Waals surface area contributed by atoms with Crippen LogP contribution in [0.5, 0.6) is 11.5 Å². The lowest BCUT2D eigenvalue weighted by molar-refractivity contribution is -0.126. The van der Waals surface area contributed by atoms with E-state index in [1.165, 1.54) is 0 Å². The summed E-state index contributed by atoms with van der Waals surface area (Å²) in [5, 5.41) is 0. The molecule has 156 valence electrons. The van der Waals surface area contributed by atoms with Crippen LogP contribution in [-0.4, -0.2) is 17.4 Å². The van der Waals surface area contributed by atoms with E-state index in [2.05, 4.69) is 6.92 Å². The largest absolute Gasteiger partial charge is 0.488 e. The maximum Gasteiger partial charge on any atom is 0.343 e. The van der Waals surface area contributed by atoms with Gasteiger partial charge in [0.05, 0.1) is 5.56 Å². The number of benzene rings is 2. The Kier molecular flexibility index (Phi) is 7.23. The Labute approximate surface area is 174 Å². The van der Waals surface area contributed by atoms with Crippen molar-refractivity contribution >= 4 is 11.8 Å². The molecule has 0 saturated carbocycles. The van der Waals surface area contributed by atoms with Gasteiger partial charge < -0.3 is 9.47 Å². The van der Waals surface area contributed by atoms with Crippen molar-refractivity contribution in [3.05, 3.63) is 59.7 Å². The molecule has 0 aliphatic heterocycles. The first-order valence-corrected chi connectivity index (χ1v) is 10.2. The summed E-state index contributed by atoms with van der Waals surface area (Å²) in [6, 6.07) is 14.1. The van der Waals surface area contributed by atoms with Crippen molar-refractivity contribution < 1.29 is 19.1 Å². The third-order valence-electron chi connectivity index (χ3n) is 5.43. The zero-order valence-corrected chi connectivity index (χ0v) is 18.4. The monoisotopic (exact) mass is 396 g/mol. The topological polar surface area (TPSA) is 52.6 Å². The first-order chi connectivity index (χ1) is 13.6. The van der Waals surface area contributed by atoms with E-state index >= 15 is 0 Å². The average Bonchev–Trinajstić information content (AvgIpc) is 2.68. The van der Waals surface area contributed by atoms with Gasteiger partial charge in [-0.2, -0.15) is 0 Å². The molecule has 0 aliphatic rings. The number of carbonyl (C=O) groups excluding carboxylic acids is 2. The van der Waals surface area contributed by atoms with Crippen molar-refractivity contribution in [3.8, 4) is 11.5 Å². The summed E-state index contributed by atoms with van der Waals surface area (Å²) < 4.78 is 11.5. The second-order valence-corrected chi connectivity index (χ2v) is 8.62. The lowest BCUT2D eigenvalue weighted by atomic mass is 9.82. The Hall–Kier alpha value is -2.62. The normalized spacial score (nSPS) is 11.8. The van der Waals surface area contributed by atoms with E-state index in [4.69, 9.17) is 9.47 Å². The van der Waals surface area contributed by atoms with Gasteiger partial charge in [-0.3, -0.25) is 4.79 Å². The van der Waals surface area contributed by atoms with Crippen LogP contribution in [0.1, 0.15) is 70.3 Å². The van der Waals surface area contributed by atoms with Gasteiger partial charge in [-0.1, -0.05) is 45.9 Å². The van der Waals surface area contributed by atoms with Crippen LogP contribution in [0, 0.1) is 5.41 Å². The summed E-state index contributed by atoms with van der Waals surface area (Å²) in [5.74, 6) is 0.783. The standard InChI is InChI=1S/C25H32O4/c1-7-24(3,4)22(26)16-18-11-9-12-19(15-18)23(27)28-20-13-10-14-21(17-20)29-25(5,6)8-2/h9-15,17H,7-8,16H2,1-6H3. The van der Waals surface area contributed by atoms with Gasteiger partial charge in [0.15, 0.2) is 0 Å². The molecule has 0 aliphatic carbocycles. The van der Waals surface area contributed by atoms with Gasteiger partial charge in [-0.05, 0) is 56.5 Å². The van der Waals surface area contributed by atoms with Gasteiger partial charge in [0.25, 0.3) is 0 Å². The fraction of sp³-hybridized carbons (Fsp3) is 0.440. The lowest BCUT2D eigenvalue weighted by Gasteiger charge is -2.25. The van der Waals surface area contributed by atoms with Crippen molar-refractivity contribution in [2.75, 3.05) is 0 Å². The summed E-state index contributed by atoms with van der Waals surface area (Å²) in [4.78, 5) is 25.1. The highest BCUT2D eigenvalue weighted by Gasteiger charge is 2.25. The zero-order valence-electron chi connectivity index (χ0n) is 18.4. The molecular formula is C25H32O4. The molecule has 2 aromatic carbocycles. The van der Waals surface area contributed by atoms with Crippen LogP contribution in [0.2, 0.25) is 0 Å². The molecule has 0 N–H and O–H groups in total. The number of carbonyl (C=O) groups is 2. The molecule has 2 aromatic rings. The van der Waals surface area contributed by atoms with E-state index in [9.17, 15) is 9.59 Å². The van der Waals surface area contributed by atoms with E-state index in [1.54, 1.807) is 36.4 Å². The summed E-state index contributed by atoms with van der Waals surface area (Å²) in [7, 11) is 0. The first-order valence-electron chi connectivity index (χ1n) is 10.2. The molecule has 2 rings (SSSR count). The number of hydrogen-bond acceptors (Lipinski definition) is 4. The molecule has 0 unspecified atom stereocenters. The quantitative estimate of drug-likeness (QED) is 0.384. The number of rotatable bonds is 9. The number of hydrogen-bond donors (Lipinski definition) is 0. The average molecular weight is 397 g/mol. The minimum atomic E-state index is -0.457. The Morgan fingerprint density at radius 1 is 0.862 bits per heavy atom. The third-order valence-corrected chi connectivity index (χ3v) is 5.43. The fourth-order valence-corrected chi connectivity index (χ4v) is 2.59. The highest BCUT2D eigenvalue weighted by Crippen LogP contribution is 2.26. The molecular weight excluding hydrogens is 364 g/mol. The Balaban J connectivity index is 2.11. The van der Waals surface area contributed by atoms with Crippen LogP contribution in [-0.2, 0) is 11.2 Å². The molecule has 0 bridgehead atoms. The van der Waals surface area contributed by atoms with Crippen LogP contribution in [0.3, 0.4) is 0 Å². The number of Topliss-reactive ketones (excluding diaryl/α,β-unsaturated/α-hetero) is 1. The second kappa shape index (κ2) is 9.25. The Bertz CT molecular complexity index is 865. The summed E-state index contributed by atoms with van der Waals surface area (Å²) in [6.07, 6.45) is 1.94. The first kappa shape index (κ1) is 22.7. The second-order valence-electron chi connectivity index (χ2n) is 8.62. The van der Waals surface area contributed by atoms with E-state index in [0.29, 0.717) is 23.5 Å². The highest BCUT2D eigenvalue weighted by molar-refractivity contribution is 5.92. The molecule has 0 radical (unpaired) electrons. The predicted molar refractivity (Wildman–Crippen MR) is 116 cm³/mol. The zero-order chi connectivity index (χ0) is 21.7. The van der Waals surface area contributed by atoms with Gasteiger partial charge in [0, 0.05) is 17.9 Å². The van der Waals surface area contributed by atoms with E-state index in [-0.39, 0.29) is 16.8 Å². The van der Waals surface area contributed by atoms with Crippen LogP contribution in [0.15, 0.2) is 48.5 Å². The Morgan fingerprint density at radius 2 is 1.52 bits per heavy atom. The van der Waals surface area contributed by atoms with Gasteiger partial charge in [-0.15, -0.1) is 0 Å². The van der Waals surface area contributed by atoms with Crippen LogP contribution < -0.4 is 9.47 Å². The van der Waals surface area contributed by atoms with Gasteiger partial charge in [0.2, 0.25) is 0 Å². The Morgan fingerprint density at radius 3 is 2.17 bits per heavy atom. The van der Waals surface area contributed by atoms with Crippen molar-refractivity contribution in [1.29, 1.82) is 0 Å². The predicted octanol–water partition coefficient (Wildman–Crippen LogP) is 6.02. The molecule has 0 amide bonds. The smallest absolute Gasteiger partial charge is 0.343 e. The molecule has 0 heterocycles. The minimum absolute atomic E-state index is 0.161. The molecule has 4 heteroatoms. The molecule has 4 nitrogen and oxygen atoms in total. The van der Waals surface area contributed by atoms with Crippen molar-refractivity contribution in [3.63, 3.8) is 0 Å². The van der Waals surface area contributed by atoms with Gasteiger partial charge >= 0.3 is 5.97 Å². The van der Waals surface area contributed by atoms with Gasteiger partial charge in [0.1, 0.15) is 22.9 Å². The van der Waals surface area contributed by atoms with Crippen molar-refractivity contribution in [2.45, 2.75) is 66.4 Å². The summed E-state index contributed by atoms with van der Waals surface area (Å²) >= 11 is 0. The maximum absolute atomic E-state index is 12.6. The van der Waals surface area contributed by atoms with Crippen molar-refractivity contribution in [2.24, 2.45) is 5.41 Å². The summed E-state index contributed by atoms with van der Waals surface area (Å²) in [5.41, 5.74) is 0.566. The molecule has 0 spiro atoms. The SMILES string of the molecule is CCC(C)(C)Oc1cccc(OC(=O)c2cccc(CC(=O)C(C)(C)CC)c2)c1. The van der Waals surface area contributed by atoms with Crippen LogP contribution in [0.4, 0.5) is 0 Å².